The summed E-state index contributed by atoms with van der Waals surface area (Å²) in [5.41, 5.74) is 1.19. The molecule has 0 saturated carbocycles. The number of fused-ring (bicyclic) bond motifs is 1. The SMILES string of the molecule is Cc1ccc(-n2c(SCC(=O)N3C(C)CCCC3C)nc3ccccc3c2=O)cc1F. The maximum absolute atomic E-state index is 14.3. The van der Waals surface area contributed by atoms with E-state index in [1.165, 1.54) is 22.4 Å². The Labute approximate surface area is 185 Å². The molecule has 0 aliphatic carbocycles. The van der Waals surface area contributed by atoms with Crippen molar-refractivity contribution in [1.29, 1.82) is 0 Å². The number of nitrogens with zero attached hydrogens (tertiary/aromatic N) is 3. The number of aromatic nitrogens is 2. The number of piperidine rings is 1. The molecular weight excluding hydrogens is 413 g/mol. The van der Waals surface area contributed by atoms with Crippen molar-refractivity contribution in [2.75, 3.05) is 5.75 Å². The van der Waals surface area contributed by atoms with Gasteiger partial charge in [0, 0.05) is 12.1 Å². The largest absolute Gasteiger partial charge is 0.337 e. The average Bonchev–Trinajstić information content (AvgIpc) is 2.74. The van der Waals surface area contributed by atoms with Gasteiger partial charge < -0.3 is 4.90 Å². The van der Waals surface area contributed by atoms with Crippen LogP contribution in [0.15, 0.2) is 52.4 Å². The first-order valence-electron chi connectivity index (χ1n) is 10.6. The van der Waals surface area contributed by atoms with Gasteiger partial charge >= 0.3 is 0 Å². The third kappa shape index (κ3) is 4.24. The first kappa shape index (κ1) is 21.6. The zero-order valence-corrected chi connectivity index (χ0v) is 18.8. The molecule has 1 amide bonds. The first-order chi connectivity index (χ1) is 14.9. The van der Waals surface area contributed by atoms with Gasteiger partial charge in [-0.05, 0) is 69.9 Å². The molecule has 31 heavy (non-hydrogen) atoms. The van der Waals surface area contributed by atoms with Crippen LogP contribution >= 0.6 is 11.8 Å². The third-order valence-corrected chi connectivity index (χ3v) is 6.89. The van der Waals surface area contributed by atoms with E-state index in [0.29, 0.717) is 27.3 Å². The van der Waals surface area contributed by atoms with Crippen LogP contribution in [0.4, 0.5) is 4.39 Å². The second-order valence-corrected chi connectivity index (χ2v) is 9.15. The number of hydrogen-bond acceptors (Lipinski definition) is 4. The van der Waals surface area contributed by atoms with Crippen molar-refractivity contribution in [2.45, 2.75) is 57.3 Å². The molecular formula is C24H26FN3O2S. The van der Waals surface area contributed by atoms with Gasteiger partial charge in [0.15, 0.2) is 5.16 Å². The quantitative estimate of drug-likeness (QED) is 0.436. The Kier molecular flexibility index (Phi) is 6.14. The molecule has 4 rings (SSSR count). The summed E-state index contributed by atoms with van der Waals surface area (Å²) in [6, 6.07) is 12.2. The van der Waals surface area contributed by atoms with E-state index in [2.05, 4.69) is 18.8 Å². The Morgan fingerprint density at radius 3 is 2.58 bits per heavy atom. The molecule has 5 nitrogen and oxygen atoms in total. The minimum atomic E-state index is -0.388. The van der Waals surface area contributed by atoms with Gasteiger partial charge in [-0.1, -0.05) is 30.0 Å². The number of benzene rings is 2. The van der Waals surface area contributed by atoms with Gasteiger partial charge in [-0.25, -0.2) is 9.37 Å². The van der Waals surface area contributed by atoms with Crippen LogP contribution in [0, 0.1) is 12.7 Å². The summed E-state index contributed by atoms with van der Waals surface area (Å²) in [6.07, 6.45) is 3.13. The van der Waals surface area contributed by atoms with Gasteiger partial charge in [0.05, 0.1) is 22.3 Å². The van der Waals surface area contributed by atoms with Gasteiger partial charge in [0.1, 0.15) is 5.82 Å². The van der Waals surface area contributed by atoms with Gasteiger partial charge in [0.25, 0.3) is 5.56 Å². The molecule has 2 atom stereocenters. The predicted octanol–water partition coefficient (Wildman–Crippen LogP) is 4.71. The molecule has 0 spiro atoms. The topological polar surface area (TPSA) is 55.2 Å². The lowest BCUT2D eigenvalue weighted by Gasteiger charge is -2.39. The lowest BCUT2D eigenvalue weighted by Crippen LogP contribution is -2.48. The maximum Gasteiger partial charge on any atom is 0.266 e. The van der Waals surface area contributed by atoms with Crippen molar-refractivity contribution >= 4 is 28.6 Å². The highest BCUT2D eigenvalue weighted by Crippen LogP contribution is 2.26. The van der Waals surface area contributed by atoms with E-state index in [1.807, 2.05) is 11.0 Å². The molecule has 162 valence electrons. The van der Waals surface area contributed by atoms with Crippen molar-refractivity contribution in [1.82, 2.24) is 14.5 Å². The summed E-state index contributed by atoms with van der Waals surface area (Å²) in [6.45, 7) is 5.84. The Balaban J connectivity index is 1.73. The summed E-state index contributed by atoms with van der Waals surface area (Å²) >= 11 is 1.22. The molecule has 1 aliphatic heterocycles. The van der Waals surface area contributed by atoms with Crippen molar-refractivity contribution < 1.29 is 9.18 Å². The van der Waals surface area contributed by atoms with Crippen molar-refractivity contribution in [3.8, 4) is 5.69 Å². The molecule has 3 aromatic rings. The number of halogens is 1. The van der Waals surface area contributed by atoms with Crippen LogP contribution in [0.2, 0.25) is 0 Å². The highest BCUT2D eigenvalue weighted by Gasteiger charge is 2.29. The number of carbonyl (C=O) groups excluding carboxylic acids is 1. The number of para-hydroxylation sites is 1. The number of likely N-dealkylation sites (tertiary alicyclic amines) is 1. The van der Waals surface area contributed by atoms with E-state index in [-0.39, 0.29) is 35.1 Å². The van der Waals surface area contributed by atoms with Crippen LogP contribution in [-0.4, -0.2) is 38.2 Å². The standard InChI is InChI=1S/C24H26FN3O2S/c1-15-11-12-18(13-20(15)25)28-23(30)19-9-4-5-10-21(19)26-24(28)31-14-22(29)27-16(2)7-6-8-17(27)3/h4-5,9-13,16-17H,6-8,14H2,1-3H3. The summed E-state index contributed by atoms with van der Waals surface area (Å²) in [5.74, 6) is -0.178. The fraction of sp³-hybridized carbons (Fsp3) is 0.375. The van der Waals surface area contributed by atoms with Crippen molar-refractivity contribution in [3.63, 3.8) is 0 Å². The molecule has 0 bridgehead atoms. The molecule has 0 radical (unpaired) electrons. The van der Waals surface area contributed by atoms with E-state index >= 15 is 0 Å². The molecule has 2 heterocycles. The summed E-state index contributed by atoms with van der Waals surface area (Å²) < 4.78 is 15.7. The Morgan fingerprint density at radius 2 is 1.87 bits per heavy atom. The lowest BCUT2D eigenvalue weighted by atomic mass is 9.98. The van der Waals surface area contributed by atoms with Crippen LogP contribution in [0.3, 0.4) is 0 Å². The molecule has 2 aromatic carbocycles. The fourth-order valence-corrected chi connectivity index (χ4v) is 5.15. The number of rotatable bonds is 4. The predicted molar refractivity (Wildman–Crippen MR) is 122 cm³/mol. The van der Waals surface area contributed by atoms with Gasteiger partial charge in [-0.3, -0.25) is 14.2 Å². The molecule has 1 fully saturated rings. The summed E-state index contributed by atoms with van der Waals surface area (Å²) in [7, 11) is 0. The Hall–Kier alpha value is -2.67. The zero-order chi connectivity index (χ0) is 22.1. The Bertz CT molecular complexity index is 1180. The molecule has 7 heteroatoms. The fourth-order valence-electron chi connectivity index (χ4n) is 4.27. The highest BCUT2D eigenvalue weighted by atomic mass is 32.2. The first-order valence-corrected chi connectivity index (χ1v) is 11.6. The van der Waals surface area contributed by atoms with Crippen LogP contribution < -0.4 is 5.56 Å². The number of carbonyl (C=O) groups is 1. The summed E-state index contributed by atoms with van der Waals surface area (Å²) in [4.78, 5) is 32.9. The molecule has 1 aliphatic rings. The van der Waals surface area contributed by atoms with Crippen molar-refractivity contribution in [2.24, 2.45) is 0 Å². The maximum atomic E-state index is 14.3. The monoisotopic (exact) mass is 439 g/mol. The highest BCUT2D eigenvalue weighted by molar-refractivity contribution is 7.99. The zero-order valence-electron chi connectivity index (χ0n) is 18.0. The van der Waals surface area contributed by atoms with Gasteiger partial charge in [-0.15, -0.1) is 0 Å². The number of aryl methyl sites for hydroxylation is 1. The van der Waals surface area contributed by atoms with Crippen LogP contribution in [0.25, 0.3) is 16.6 Å². The average molecular weight is 440 g/mol. The number of hydrogen-bond donors (Lipinski definition) is 0. The van der Waals surface area contributed by atoms with Crippen LogP contribution in [0.5, 0.6) is 0 Å². The van der Waals surface area contributed by atoms with Crippen LogP contribution in [0.1, 0.15) is 38.7 Å². The van der Waals surface area contributed by atoms with Gasteiger partial charge in [0.2, 0.25) is 5.91 Å². The summed E-state index contributed by atoms with van der Waals surface area (Å²) in [5, 5.41) is 0.843. The minimum absolute atomic E-state index is 0.0359. The van der Waals surface area contributed by atoms with E-state index in [9.17, 15) is 14.0 Å². The van der Waals surface area contributed by atoms with E-state index in [0.717, 1.165) is 19.3 Å². The number of amides is 1. The van der Waals surface area contributed by atoms with Crippen molar-refractivity contribution in [3.05, 3.63) is 64.2 Å². The van der Waals surface area contributed by atoms with E-state index in [4.69, 9.17) is 0 Å². The molecule has 1 saturated heterocycles. The van der Waals surface area contributed by atoms with E-state index < -0.39 is 0 Å². The molecule has 0 N–H and O–H groups in total. The second kappa shape index (κ2) is 8.83. The molecule has 1 aromatic heterocycles. The molecule has 2 unspecified atom stereocenters. The van der Waals surface area contributed by atoms with E-state index in [1.54, 1.807) is 37.3 Å². The number of thioether (sulfide) groups is 1. The minimum Gasteiger partial charge on any atom is -0.337 e. The second-order valence-electron chi connectivity index (χ2n) is 8.20. The van der Waals surface area contributed by atoms with Crippen LogP contribution in [-0.2, 0) is 4.79 Å². The van der Waals surface area contributed by atoms with Gasteiger partial charge in [-0.2, -0.15) is 0 Å². The smallest absolute Gasteiger partial charge is 0.266 e. The lowest BCUT2D eigenvalue weighted by molar-refractivity contribution is -0.134. The normalized spacial score (nSPS) is 19.0. The third-order valence-electron chi connectivity index (χ3n) is 5.96. The Morgan fingerprint density at radius 1 is 1.16 bits per heavy atom.